The smallest absolute Gasteiger partial charge is 0.251 e. The summed E-state index contributed by atoms with van der Waals surface area (Å²) in [5.41, 5.74) is 1.67. The largest absolute Gasteiger partial charge is 0.378 e. The Bertz CT molecular complexity index is 681. The summed E-state index contributed by atoms with van der Waals surface area (Å²) in [4.78, 5) is 14.7. The van der Waals surface area contributed by atoms with Gasteiger partial charge in [-0.15, -0.1) is 0 Å². The van der Waals surface area contributed by atoms with Crippen molar-refractivity contribution in [1.29, 1.82) is 0 Å². The van der Waals surface area contributed by atoms with Crippen molar-refractivity contribution in [2.75, 3.05) is 36.6 Å². The number of carbonyl (C=O) groups excluding carboxylic acids is 1. The Morgan fingerprint density at radius 1 is 1.12 bits per heavy atom. The monoisotopic (exact) mass is 352 g/mol. The quantitative estimate of drug-likeness (QED) is 0.882. The first-order valence-corrected chi connectivity index (χ1v) is 10.2. The van der Waals surface area contributed by atoms with Gasteiger partial charge in [-0.1, -0.05) is 0 Å². The Kier molecular flexibility index (Phi) is 5.10. The fourth-order valence-corrected chi connectivity index (χ4v) is 5.26. The molecule has 0 radical (unpaired) electrons. The molecule has 3 rings (SSSR count). The van der Waals surface area contributed by atoms with Crippen LogP contribution in [0.2, 0.25) is 0 Å². The molecule has 0 aromatic heterocycles. The highest BCUT2D eigenvalue weighted by Crippen LogP contribution is 2.21. The summed E-state index contributed by atoms with van der Waals surface area (Å²) >= 11 is 0. The Hall–Kier alpha value is -1.60. The van der Waals surface area contributed by atoms with Gasteiger partial charge in [-0.05, 0) is 43.5 Å². The highest BCUT2D eigenvalue weighted by atomic mass is 32.2. The number of rotatable bonds is 4. The molecule has 2 heterocycles. The number of anilines is 1. The van der Waals surface area contributed by atoms with E-state index in [1.54, 1.807) is 12.1 Å². The van der Waals surface area contributed by atoms with Gasteiger partial charge < -0.3 is 15.0 Å². The predicted molar refractivity (Wildman–Crippen MR) is 93.2 cm³/mol. The molecule has 1 aromatic rings. The zero-order valence-electron chi connectivity index (χ0n) is 13.9. The van der Waals surface area contributed by atoms with Crippen LogP contribution in [-0.2, 0) is 14.6 Å². The highest BCUT2D eigenvalue weighted by molar-refractivity contribution is 7.91. The molecule has 1 N–H and O–H groups in total. The molecule has 0 spiro atoms. The molecule has 132 valence electrons. The lowest BCUT2D eigenvalue weighted by Gasteiger charge is -2.28. The van der Waals surface area contributed by atoms with Gasteiger partial charge in [0.2, 0.25) is 0 Å². The van der Waals surface area contributed by atoms with Crippen LogP contribution in [0.1, 0.15) is 29.6 Å². The fourth-order valence-electron chi connectivity index (χ4n) is 3.41. The number of hydrogen-bond donors (Lipinski definition) is 1. The average Bonchev–Trinajstić information content (AvgIpc) is 2.89. The number of sulfone groups is 1. The van der Waals surface area contributed by atoms with Gasteiger partial charge in [-0.3, -0.25) is 4.79 Å². The van der Waals surface area contributed by atoms with E-state index in [2.05, 4.69) is 10.2 Å². The van der Waals surface area contributed by atoms with Crippen molar-refractivity contribution in [2.24, 2.45) is 0 Å². The third-order valence-corrected chi connectivity index (χ3v) is 6.47. The third kappa shape index (κ3) is 3.89. The summed E-state index contributed by atoms with van der Waals surface area (Å²) in [5.74, 6) is -0.366. The van der Waals surface area contributed by atoms with Crippen LogP contribution in [0.4, 0.5) is 5.69 Å². The number of nitrogens with one attached hydrogen (secondary N) is 1. The van der Waals surface area contributed by atoms with Gasteiger partial charge in [-0.2, -0.15) is 0 Å². The number of carbonyl (C=O) groups is 1. The molecule has 0 saturated carbocycles. The van der Waals surface area contributed by atoms with Crippen LogP contribution in [0.5, 0.6) is 0 Å². The van der Waals surface area contributed by atoms with E-state index in [0.717, 1.165) is 18.8 Å². The van der Waals surface area contributed by atoms with Gasteiger partial charge in [0.1, 0.15) is 0 Å². The summed E-state index contributed by atoms with van der Waals surface area (Å²) in [6.45, 7) is 2.11. The lowest BCUT2D eigenvalue weighted by atomic mass is 10.1. The van der Waals surface area contributed by atoms with E-state index >= 15 is 0 Å². The van der Waals surface area contributed by atoms with Crippen molar-refractivity contribution in [2.45, 2.75) is 31.4 Å². The van der Waals surface area contributed by atoms with Crippen molar-refractivity contribution < 1.29 is 17.9 Å². The van der Waals surface area contributed by atoms with E-state index in [0.29, 0.717) is 5.56 Å². The summed E-state index contributed by atoms with van der Waals surface area (Å²) in [5, 5.41) is 2.79. The van der Waals surface area contributed by atoms with Gasteiger partial charge in [0.25, 0.3) is 5.91 Å². The number of nitrogens with zero attached hydrogens (tertiary/aromatic N) is 1. The van der Waals surface area contributed by atoms with Crippen LogP contribution >= 0.6 is 0 Å². The van der Waals surface area contributed by atoms with Crippen LogP contribution < -0.4 is 10.2 Å². The SMILES string of the molecule is COC1CS(=O)(=O)CC1NC(=O)c1ccc(N2CCCCC2)cc1. The number of ether oxygens (including phenoxy) is 1. The topological polar surface area (TPSA) is 75.7 Å². The Labute approximate surface area is 143 Å². The number of benzene rings is 1. The maximum absolute atomic E-state index is 12.4. The molecular formula is C17H24N2O4S. The fraction of sp³-hybridized carbons (Fsp3) is 0.588. The molecule has 2 aliphatic rings. The molecular weight excluding hydrogens is 328 g/mol. The maximum atomic E-state index is 12.4. The van der Waals surface area contributed by atoms with E-state index in [1.807, 2.05) is 12.1 Å². The number of piperidine rings is 1. The number of hydrogen-bond acceptors (Lipinski definition) is 5. The van der Waals surface area contributed by atoms with Crippen LogP contribution in [0.25, 0.3) is 0 Å². The van der Waals surface area contributed by atoms with Gasteiger partial charge >= 0.3 is 0 Å². The molecule has 6 nitrogen and oxygen atoms in total. The number of methoxy groups -OCH3 is 1. The molecule has 0 aliphatic carbocycles. The van der Waals surface area contributed by atoms with Gasteiger partial charge in [0.15, 0.2) is 9.84 Å². The molecule has 1 aromatic carbocycles. The second-order valence-corrected chi connectivity index (χ2v) is 8.68. The Balaban J connectivity index is 1.64. The summed E-state index contributed by atoms with van der Waals surface area (Å²) < 4.78 is 28.6. The molecule has 0 bridgehead atoms. The minimum Gasteiger partial charge on any atom is -0.378 e. The average molecular weight is 352 g/mol. The lowest BCUT2D eigenvalue weighted by Crippen LogP contribution is -2.43. The molecule has 2 unspecified atom stereocenters. The van der Waals surface area contributed by atoms with E-state index in [-0.39, 0.29) is 17.4 Å². The van der Waals surface area contributed by atoms with Crippen molar-refractivity contribution >= 4 is 21.4 Å². The van der Waals surface area contributed by atoms with E-state index in [9.17, 15) is 13.2 Å². The van der Waals surface area contributed by atoms with Gasteiger partial charge in [-0.25, -0.2) is 8.42 Å². The first-order chi connectivity index (χ1) is 11.5. The normalized spacial score (nSPS) is 26.3. The lowest BCUT2D eigenvalue weighted by molar-refractivity contribution is 0.0786. The second kappa shape index (κ2) is 7.11. The van der Waals surface area contributed by atoms with Crippen molar-refractivity contribution in [3.05, 3.63) is 29.8 Å². The van der Waals surface area contributed by atoms with Crippen LogP contribution in [0.15, 0.2) is 24.3 Å². The molecule has 2 atom stereocenters. The Morgan fingerprint density at radius 2 is 1.79 bits per heavy atom. The minimum absolute atomic E-state index is 0.0393. The zero-order chi connectivity index (χ0) is 17.2. The van der Waals surface area contributed by atoms with E-state index in [4.69, 9.17) is 4.74 Å². The van der Waals surface area contributed by atoms with Crippen molar-refractivity contribution in [3.63, 3.8) is 0 Å². The Morgan fingerprint density at radius 3 is 2.42 bits per heavy atom. The molecule has 1 amide bonds. The minimum atomic E-state index is -3.15. The van der Waals surface area contributed by atoms with Crippen molar-refractivity contribution in [3.8, 4) is 0 Å². The van der Waals surface area contributed by atoms with Gasteiger partial charge in [0.05, 0.1) is 23.7 Å². The van der Waals surface area contributed by atoms with Crippen LogP contribution in [-0.4, -0.2) is 58.2 Å². The number of amides is 1. The summed E-state index contributed by atoms with van der Waals surface area (Å²) in [7, 11) is -1.68. The molecule has 7 heteroatoms. The first-order valence-electron chi connectivity index (χ1n) is 8.37. The second-order valence-electron chi connectivity index (χ2n) is 6.53. The molecule has 2 aliphatic heterocycles. The molecule has 2 saturated heterocycles. The summed E-state index contributed by atoms with van der Waals surface area (Å²) in [6.07, 6.45) is 3.21. The third-order valence-electron chi connectivity index (χ3n) is 4.77. The first kappa shape index (κ1) is 17.2. The van der Waals surface area contributed by atoms with Crippen LogP contribution in [0.3, 0.4) is 0 Å². The zero-order valence-corrected chi connectivity index (χ0v) is 14.7. The molecule has 2 fully saturated rings. The predicted octanol–water partition coefficient (Wildman–Crippen LogP) is 1.22. The maximum Gasteiger partial charge on any atom is 0.251 e. The standard InChI is InChI=1S/C17H24N2O4S/c1-23-16-12-24(21,22)11-15(16)18-17(20)13-5-7-14(8-6-13)19-9-3-2-4-10-19/h5-8,15-16H,2-4,9-12H2,1H3,(H,18,20). The highest BCUT2D eigenvalue weighted by Gasteiger charge is 2.38. The van der Waals surface area contributed by atoms with Gasteiger partial charge in [0, 0.05) is 31.5 Å². The van der Waals surface area contributed by atoms with Crippen LogP contribution in [0, 0.1) is 0 Å². The van der Waals surface area contributed by atoms with E-state index in [1.165, 1.54) is 26.4 Å². The summed E-state index contributed by atoms with van der Waals surface area (Å²) in [6, 6.07) is 7.02. The van der Waals surface area contributed by atoms with Crippen molar-refractivity contribution in [1.82, 2.24) is 5.32 Å². The van der Waals surface area contributed by atoms with E-state index < -0.39 is 22.0 Å². The molecule has 24 heavy (non-hydrogen) atoms.